The van der Waals surface area contributed by atoms with Crippen LogP contribution in [0.5, 0.6) is 0 Å². The van der Waals surface area contributed by atoms with Crippen molar-refractivity contribution in [2.24, 2.45) is 0 Å². The molecule has 0 amide bonds. The monoisotopic (exact) mass is 402 g/mol. The van der Waals surface area contributed by atoms with Gasteiger partial charge < -0.3 is 0 Å². The molecule has 0 spiro atoms. The van der Waals surface area contributed by atoms with E-state index in [1.165, 1.54) is 18.3 Å². The number of halogens is 3. The summed E-state index contributed by atoms with van der Waals surface area (Å²) in [5.41, 5.74) is 0.672. The van der Waals surface area contributed by atoms with E-state index in [0.717, 1.165) is 25.2 Å². The van der Waals surface area contributed by atoms with E-state index in [9.17, 15) is 17.2 Å². The molecule has 3 rings (SSSR count). The van der Waals surface area contributed by atoms with E-state index < -0.39 is 26.9 Å². The average Bonchev–Trinajstić information content (AvgIpc) is 3.17. The van der Waals surface area contributed by atoms with Crippen LogP contribution in [-0.2, 0) is 21.7 Å². The molecule has 1 saturated carbocycles. The zero-order valence-electron chi connectivity index (χ0n) is 12.2. The van der Waals surface area contributed by atoms with Crippen LogP contribution in [0, 0.1) is 11.6 Å². The van der Waals surface area contributed by atoms with E-state index in [1.807, 2.05) is 0 Å². The molecule has 1 heterocycles. The summed E-state index contributed by atoms with van der Waals surface area (Å²) < 4.78 is 50.6. The quantitative estimate of drug-likeness (QED) is 0.736. The molecule has 0 radical (unpaired) electrons. The molecule has 0 saturated heterocycles. The Morgan fingerprint density at radius 3 is 2.35 bits per heavy atom. The number of hydrogen-bond acceptors (Lipinski definition) is 4. The van der Waals surface area contributed by atoms with Crippen LogP contribution < -0.4 is 0 Å². The summed E-state index contributed by atoms with van der Waals surface area (Å²) in [6.07, 6.45) is 4.38. The third-order valence-corrected chi connectivity index (χ3v) is 5.31. The van der Waals surface area contributed by atoms with Gasteiger partial charge in [0.25, 0.3) is 0 Å². The van der Waals surface area contributed by atoms with Crippen molar-refractivity contribution in [2.75, 3.05) is 6.26 Å². The average molecular weight is 403 g/mol. The van der Waals surface area contributed by atoms with E-state index in [-0.39, 0.29) is 5.16 Å². The Hall–Kier alpha value is -1.41. The van der Waals surface area contributed by atoms with Gasteiger partial charge in [0.05, 0.1) is 10.2 Å². The molecular formula is C15H13BrF2N2O2S. The molecule has 4 nitrogen and oxygen atoms in total. The fourth-order valence-corrected chi connectivity index (χ4v) is 3.77. The fourth-order valence-electron chi connectivity index (χ4n) is 2.65. The first-order valence-corrected chi connectivity index (χ1v) is 9.56. The standard InChI is InChI=1S/C15H13BrF2N2O2S/c1-23(21,22)14-19-8-12(16)13(20-14)15(2-3-15)7-9-4-10(17)6-11(18)5-9/h4-6,8H,2-3,7H2,1H3. The lowest BCUT2D eigenvalue weighted by Crippen LogP contribution is -2.17. The van der Waals surface area contributed by atoms with Gasteiger partial charge in [-0.2, -0.15) is 0 Å². The van der Waals surface area contributed by atoms with E-state index >= 15 is 0 Å². The van der Waals surface area contributed by atoms with Crippen LogP contribution in [0.25, 0.3) is 0 Å². The van der Waals surface area contributed by atoms with Crippen molar-refractivity contribution in [1.82, 2.24) is 9.97 Å². The number of nitrogens with zero attached hydrogens (tertiary/aromatic N) is 2. The molecule has 8 heteroatoms. The normalized spacial score (nSPS) is 16.3. The maximum atomic E-state index is 13.4. The Balaban J connectivity index is 2.00. The smallest absolute Gasteiger partial charge is 0.226 e. The molecule has 0 N–H and O–H groups in total. The van der Waals surface area contributed by atoms with E-state index in [2.05, 4.69) is 25.9 Å². The van der Waals surface area contributed by atoms with Crippen LogP contribution in [-0.4, -0.2) is 24.6 Å². The maximum Gasteiger partial charge on any atom is 0.247 e. The predicted molar refractivity (Wildman–Crippen MR) is 83.8 cm³/mol. The second-order valence-electron chi connectivity index (χ2n) is 5.86. The Bertz CT molecular complexity index is 863. The third kappa shape index (κ3) is 3.42. The molecule has 1 aliphatic carbocycles. The van der Waals surface area contributed by atoms with E-state index in [0.29, 0.717) is 22.2 Å². The second-order valence-corrected chi connectivity index (χ2v) is 8.62. The van der Waals surface area contributed by atoms with Crippen LogP contribution in [0.2, 0.25) is 0 Å². The molecule has 0 bridgehead atoms. The van der Waals surface area contributed by atoms with Crippen molar-refractivity contribution < 1.29 is 17.2 Å². The Morgan fingerprint density at radius 1 is 1.22 bits per heavy atom. The largest absolute Gasteiger partial charge is 0.247 e. The van der Waals surface area contributed by atoms with Gasteiger partial charge in [-0.15, -0.1) is 0 Å². The second kappa shape index (κ2) is 5.59. The Kier molecular flexibility index (Phi) is 4.00. The molecule has 2 aromatic rings. The molecule has 0 atom stereocenters. The Morgan fingerprint density at radius 2 is 1.83 bits per heavy atom. The van der Waals surface area contributed by atoms with Crippen LogP contribution in [0.1, 0.15) is 24.1 Å². The number of rotatable bonds is 4. The highest BCUT2D eigenvalue weighted by Gasteiger charge is 2.47. The van der Waals surface area contributed by atoms with Gasteiger partial charge in [-0.3, -0.25) is 0 Å². The van der Waals surface area contributed by atoms with Crippen LogP contribution in [0.3, 0.4) is 0 Å². The minimum Gasteiger partial charge on any atom is -0.226 e. The van der Waals surface area contributed by atoms with Crippen LogP contribution in [0.4, 0.5) is 8.78 Å². The first kappa shape index (κ1) is 16.4. The molecule has 23 heavy (non-hydrogen) atoms. The van der Waals surface area contributed by atoms with Gasteiger partial charge in [-0.05, 0) is 52.9 Å². The summed E-state index contributed by atoms with van der Waals surface area (Å²) in [5.74, 6) is -1.26. The van der Waals surface area contributed by atoms with Crippen molar-refractivity contribution in [3.05, 3.63) is 51.8 Å². The molecule has 1 aliphatic rings. The number of benzene rings is 1. The molecule has 0 unspecified atom stereocenters. The van der Waals surface area contributed by atoms with Gasteiger partial charge in [0, 0.05) is 23.9 Å². The first-order valence-electron chi connectivity index (χ1n) is 6.88. The lowest BCUT2D eigenvalue weighted by Gasteiger charge is -2.17. The number of hydrogen-bond donors (Lipinski definition) is 0. The number of aromatic nitrogens is 2. The molecule has 122 valence electrons. The lowest BCUT2D eigenvalue weighted by atomic mass is 9.93. The van der Waals surface area contributed by atoms with Gasteiger partial charge in [0.1, 0.15) is 11.6 Å². The summed E-state index contributed by atoms with van der Waals surface area (Å²) in [6, 6.07) is 3.40. The predicted octanol–water partition coefficient (Wildman–Crippen LogP) is 3.20. The van der Waals surface area contributed by atoms with Crippen molar-refractivity contribution in [1.29, 1.82) is 0 Å². The zero-order valence-corrected chi connectivity index (χ0v) is 14.6. The lowest BCUT2D eigenvalue weighted by molar-refractivity contribution is 0.569. The van der Waals surface area contributed by atoms with E-state index in [4.69, 9.17) is 0 Å². The van der Waals surface area contributed by atoms with Crippen molar-refractivity contribution in [3.8, 4) is 0 Å². The minimum absolute atomic E-state index is 0.243. The molecule has 1 aromatic heterocycles. The van der Waals surface area contributed by atoms with Crippen molar-refractivity contribution >= 4 is 25.8 Å². The SMILES string of the molecule is CS(=O)(=O)c1ncc(Br)c(C2(Cc3cc(F)cc(F)c3)CC2)n1. The van der Waals surface area contributed by atoms with Gasteiger partial charge in [-0.1, -0.05) is 0 Å². The number of sulfone groups is 1. The van der Waals surface area contributed by atoms with Crippen LogP contribution in [0.15, 0.2) is 34.0 Å². The summed E-state index contributed by atoms with van der Waals surface area (Å²) in [4.78, 5) is 8.01. The third-order valence-electron chi connectivity index (χ3n) is 3.87. The molecule has 1 fully saturated rings. The van der Waals surface area contributed by atoms with Crippen LogP contribution >= 0.6 is 15.9 Å². The van der Waals surface area contributed by atoms with Crippen molar-refractivity contribution in [3.63, 3.8) is 0 Å². The molecular weight excluding hydrogens is 390 g/mol. The minimum atomic E-state index is -3.52. The van der Waals surface area contributed by atoms with Gasteiger partial charge in [-0.25, -0.2) is 27.2 Å². The Labute approximate surface area is 141 Å². The summed E-state index contributed by atoms with van der Waals surface area (Å²) >= 11 is 3.35. The molecule has 0 aliphatic heterocycles. The summed E-state index contributed by atoms with van der Waals surface area (Å²) in [6.45, 7) is 0. The highest BCUT2D eigenvalue weighted by atomic mass is 79.9. The van der Waals surface area contributed by atoms with Gasteiger partial charge >= 0.3 is 0 Å². The first-order chi connectivity index (χ1) is 10.7. The summed E-state index contributed by atoms with van der Waals surface area (Å²) in [7, 11) is -3.52. The van der Waals surface area contributed by atoms with Crippen molar-refractivity contribution in [2.45, 2.75) is 29.8 Å². The zero-order chi connectivity index (χ0) is 16.8. The van der Waals surface area contributed by atoms with E-state index in [1.54, 1.807) is 0 Å². The summed E-state index contributed by atoms with van der Waals surface area (Å²) in [5, 5.41) is -0.243. The molecule has 1 aromatic carbocycles. The highest BCUT2D eigenvalue weighted by Crippen LogP contribution is 2.52. The van der Waals surface area contributed by atoms with Gasteiger partial charge in [0.15, 0.2) is 0 Å². The highest BCUT2D eigenvalue weighted by molar-refractivity contribution is 9.10. The van der Waals surface area contributed by atoms with Gasteiger partial charge in [0.2, 0.25) is 15.0 Å². The fraction of sp³-hybridized carbons (Fsp3) is 0.333. The topological polar surface area (TPSA) is 59.9 Å². The maximum absolute atomic E-state index is 13.4.